The van der Waals surface area contributed by atoms with Crippen LogP contribution >= 0.6 is 0 Å². The highest BCUT2D eigenvalue weighted by Crippen LogP contribution is 2.51. The van der Waals surface area contributed by atoms with E-state index in [9.17, 15) is 24.0 Å². The van der Waals surface area contributed by atoms with Crippen LogP contribution in [0.25, 0.3) is 5.69 Å². The average Bonchev–Trinajstić information content (AvgIpc) is 3.49. The van der Waals surface area contributed by atoms with Crippen molar-refractivity contribution in [3.8, 4) is 5.69 Å². The van der Waals surface area contributed by atoms with Crippen LogP contribution < -0.4 is 21.6 Å². The van der Waals surface area contributed by atoms with Crippen LogP contribution in [0.15, 0.2) is 41.3 Å². The van der Waals surface area contributed by atoms with Gasteiger partial charge in [0, 0.05) is 58.1 Å². The standard InChI is InChI=1S/C38H56N8O7/c1-24(45-22-28-27(29(28)23-45)21-39-34(50)52-36(2,3)4)20-25-10-12-26(13-11-25)46-15-14-30(41-33(46)49)40-32(48)44-18-16-43(17-19-44)31(47)38(8,9)42-35(51)53-37(5,6)7/h10-15,24,27-29H,16-23H2,1-9H3,(H,39,50)(H,42,51)(H,40,41,48,49)/t24-,27?,28?,29?/m1/s1. The van der Waals surface area contributed by atoms with Crippen LogP contribution in [0.4, 0.5) is 20.2 Å². The van der Waals surface area contributed by atoms with E-state index in [1.165, 1.54) is 10.1 Å². The number of carbonyl (C=O) groups is 4. The summed E-state index contributed by atoms with van der Waals surface area (Å²) in [6, 6.07) is 9.36. The summed E-state index contributed by atoms with van der Waals surface area (Å²) in [5.41, 5.74) is -1.07. The molecule has 3 N–H and O–H groups in total. The topological polar surface area (TPSA) is 167 Å². The Balaban J connectivity index is 1.05. The monoisotopic (exact) mass is 736 g/mol. The largest absolute Gasteiger partial charge is 0.444 e. The van der Waals surface area contributed by atoms with Crippen LogP contribution in [0.1, 0.15) is 67.9 Å². The van der Waals surface area contributed by atoms with Crippen LogP contribution in [0.5, 0.6) is 0 Å². The predicted molar refractivity (Wildman–Crippen MR) is 200 cm³/mol. The number of urea groups is 1. The fourth-order valence-corrected chi connectivity index (χ4v) is 7.10. The van der Waals surface area contributed by atoms with Crippen LogP contribution in [0.3, 0.4) is 0 Å². The highest BCUT2D eigenvalue weighted by Gasteiger charge is 2.55. The molecule has 2 aliphatic heterocycles. The van der Waals surface area contributed by atoms with Gasteiger partial charge in [-0.25, -0.2) is 19.2 Å². The van der Waals surface area contributed by atoms with E-state index in [0.717, 1.165) is 19.5 Å². The number of fused-ring (bicyclic) bond motifs is 1. The Morgan fingerprint density at radius 2 is 1.40 bits per heavy atom. The maximum Gasteiger partial charge on any atom is 0.408 e. The van der Waals surface area contributed by atoms with E-state index in [-0.39, 0.29) is 44.0 Å². The fraction of sp³-hybridized carbons (Fsp3) is 0.632. The summed E-state index contributed by atoms with van der Waals surface area (Å²) in [4.78, 5) is 73.2. The minimum absolute atomic E-state index is 0.134. The van der Waals surface area contributed by atoms with Crippen LogP contribution in [0, 0.1) is 17.8 Å². The van der Waals surface area contributed by atoms with Crippen molar-refractivity contribution >= 4 is 29.9 Å². The SMILES string of the molecule is C[C@H](Cc1ccc(-n2ccc(NC(=O)N3CCN(C(=O)C(C)(C)NC(=O)OC(C)(C)C)CC3)nc2=O)cc1)N1CC2C(CNC(=O)OC(C)(C)C)C2C1. The van der Waals surface area contributed by atoms with Crippen molar-refractivity contribution in [1.29, 1.82) is 0 Å². The van der Waals surface area contributed by atoms with Gasteiger partial charge in [0.05, 0.1) is 5.69 Å². The van der Waals surface area contributed by atoms with E-state index >= 15 is 0 Å². The lowest BCUT2D eigenvalue weighted by atomic mass is 10.0. The highest BCUT2D eigenvalue weighted by molar-refractivity contribution is 5.90. The number of hydrogen-bond donors (Lipinski definition) is 3. The Hall–Kier alpha value is -4.66. The van der Waals surface area contributed by atoms with Crippen molar-refractivity contribution < 1.29 is 28.7 Å². The van der Waals surface area contributed by atoms with Gasteiger partial charge in [-0.05, 0) is 110 Å². The molecule has 2 aromatic rings. The lowest BCUT2D eigenvalue weighted by Gasteiger charge is -2.38. The minimum atomic E-state index is -1.19. The van der Waals surface area contributed by atoms with Gasteiger partial charge in [0.25, 0.3) is 0 Å². The third-order valence-electron chi connectivity index (χ3n) is 9.89. The number of piperidine rings is 1. The second-order valence-corrected chi connectivity index (χ2v) is 17.0. The first-order chi connectivity index (χ1) is 24.7. The molecule has 3 aliphatic rings. The first-order valence-electron chi connectivity index (χ1n) is 18.5. The van der Waals surface area contributed by atoms with E-state index in [0.29, 0.717) is 36.0 Å². The van der Waals surface area contributed by atoms with Gasteiger partial charge in [0.15, 0.2) is 0 Å². The van der Waals surface area contributed by atoms with E-state index in [1.54, 1.807) is 56.7 Å². The second kappa shape index (κ2) is 15.4. The molecule has 53 heavy (non-hydrogen) atoms. The molecule has 3 fully saturated rings. The van der Waals surface area contributed by atoms with Gasteiger partial charge < -0.3 is 29.9 Å². The zero-order valence-corrected chi connectivity index (χ0v) is 32.5. The molecule has 1 aromatic carbocycles. The molecule has 15 heteroatoms. The molecule has 15 nitrogen and oxygen atoms in total. The number of anilines is 1. The highest BCUT2D eigenvalue weighted by atomic mass is 16.6. The molecule has 5 amide bonds. The molecule has 0 bridgehead atoms. The molecule has 290 valence electrons. The normalized spacial score (nSPS) is 21.0. The maximum absolute atomic E-state index is 13.2. The maximum atomic E-state index is 13.2. The van der Waals surface area contributed by atoms with Gasteiger partial charge in [-0.2, -0.15) is 4.98 Å². The molecule has 1 aliphatic carbocycles. The zero-order chi connectivity index (χ0) is 38.9. The van der Waals surface area contributed by atoms with Gasteiger partial charge in [-0.15, -0.1) is 0 Å². The quantitative estimate of drug-likeness (QED) is 0.347. The summed E-state index contributed by atoms with van der Waals surface area (Å²) in [6.45, 7) is 20.1. The Bertz CT molecular complexity index is 1710. The van der Waals surface area contributed by atoms with Crippen LogP contribution in [0.2, 0.25) is 0 Å². The van der Waals surface area contributed by atoms with Crippen LogP contribution in [-0.4, -0.2) is 117 Å². The Morgan fingerprint density at radius 1 is 0.830 bits per heavy atom. The lowest BCUT2D eigenvalue weighted by molar-refractivity contribution is -0.138. The number of carbonyl (C=O) groups excluding carboxylic acids is 4. The van der Waals surface area contributed by atoms with Gasteiger partial charge in [-0.3, -0.25) is 19.6 Å². The zero-order valence-electron chi connectivity index (χ0n) is 32.5. The third-order valence-corrected chi connectivity index (χ3v) is 9.89. The number of aromatic nitrogens is 2. The molecule has 1 saturated carbocycles. The fourth-order valence-electron chi connectivity index (χ4n) is 7.10. The van der Waals surface area contributed by atoms with Gasteiger partial charge in [-0.1, -0.05) is 12.1 Å². The van der Waals surface area contributed by atoms with Crippen molar-refractivity contribution in [2.75, 3.05) is 51.1 Å². The molecule has 3 atom stereocenters. The second-order valence-electron chi connectivity index (χ2n) is 17.0. The molecular formula is C38H56N8O7. The molecule has 5 rings (SSSR count). The number of nitrogens with one attached hydrogen (secondary N) is 3. The predicted octanol–water partition coefficient (Wildman–Crippen LogP) is 3.85. The van der Waals surface area contributed by atoms with E-state index in [4.69, 9.17) is 9.47 Å². The number of nitrogens with zero attached hydrogens (tertiary/aromatic N) is 5. The molecule has 0 radical (unpaired) electrons. The summed E-state index contributed by atoms with van der Waals surface area (Å²) < 4.78 is 12.1. The van der Waals surface area contributed by atoms with Crippen molar-refractivity contribution in [2.45, 2.75) is 91.5 Å². The van der Waals surface area contributed by atoms with Crippen molar-refractivity contribution in [3.63, 3.8) is 0 Å². The summed E-state index contributed by atoms with van der Waals surface area (Å²) in [7, 11) is 0. The lowest BCUT2D eigenvalue weighted by Crippen LogP contribution is -2.60. The number of piperazine rings is 1. The number of alkyl carbamates (subject to hydrolysis) is 2. The molecule has 0 spiro atoms. The van der Waals surface area contributed by atoms with Crippen molar-refractivity contribution in [3.05, 3.63) is 52.6 Å². The van der Waals surface area contributed by atoms with Gasteiger partial charge in [0.1, 0.15) is 22.6 Å². The molecule has 1 aromatic heterocycles. The number of benzene rings is 1. The number of amides is 5. The van der Waals surface area contributed by atoms with E-state index < -0.39 is 34.6 Å². The number of rotatable bonds is 9. The number of likely N-dealkylation sites (tertiary alicyclic amines) is 1. The third kappa shape index (κ3) is 10.5. The minimum Gasteiger partial charge on any atom is -0.444 e. The molecule has 2 saturated heterocycles. The summed E-state index contributed by atoms with van der Waals surface area (Å²) in [6.07, 6.45) is 1.43. The molecule has 2 unspecified atom stereocenters. The summed E-state index contributed by atoms with van der Waals surface area (Å²) in [5, 5.41) is 8.26. The summed E-state index contributed by atoms with van der Waals surface area (Å²) in [5.74, 6) is 1.59. The number of hydrogen-bond acceptors (Lipinski definition) is 9. The Morgan fingerprint density at radius 3 is 1.96 bits per heavy atom. The average molecular weight is 737 g/mol. The van der Waals surface area contributed by atoms with Crippen molar-refractivity contribution in [2.24, 2.45) is 17.8 Å². The van der Waals surface area contributed by atoms with E-state index in [1.807, 2.05) is 45.0 Å². The van der Waals surface area contributed by atoms with E-state index in [2.05, 4.69) is 32.8 Å². The molecule has 3 heterocycles. The first-order valence-corrected chi connectivity index (χ1v) is 18.5. The smallest absolute Gasteiger partial charge is 0.408 e. The van der Waals surface area contributed by atoms with Gasteiger partial charge >= 0.3 is 23.9 Å². The summed E-state index contributed by atoms with van der Waals surface area (Å²) >= 11 is 0. The van der Waals surface area contributed by atoms with Crippen molar-refractivity contribution in [1.82, 2.24) is 34.9 Å². The number of ether oxygens (including phenoxy) is 2. The Kier molecular flexibility index (Phi) is 11.5. The van der Waals surface area contributed by atoms with Gasteiger partial charge in [0.2, 0.25) is 5.91 Å². The molecular weight excluding hydrogens is 680 g/mol. The first kappa shape index (κ1) is 39.5. The Labute approximate surface area is 311 Å². The van der Waals surface area contributed by atoms with Crippen LogP contribution in [-0.2, 0) is 20.7 Å².